The van der Waals surface area contributed by atoms with Crippen LogP contribution < -0.4 is 5.32 Å². The summed E-state index contributed by atoms with van der Waals surface area (Å²) in [6.45, 7) is 4.00. The van der Waals surface area contributed by atoms with E-state index in [2.05, 4.69) is 28.2 Å². The molecule has 3 nitrogen and oxygen atoms in total. The largest absolute Gasteiger partial charge is 0.394 e. The van der Waals surface area contributed by atoms with Gasteiger partial charge in [0, 0.05) is 10.9 Å². The number of carbonyl (C=O) groups excluding carboxylic acids is 1. The van der Waals surface area contributed by atoms with Crippen LogP contribution in [0.2, 0.25) is 0 Å². The maximum atomic E-state index is 12.2. The zero-order chi connectivity index (χ0) is 14.8. The van der Waals surface area contributed by atoms with Gasteiger partial charge in [0.2, 0.25) is 5.91 Å². The lowest BCUT2D eigenvalue weighted by Gasteiger charge is -2.29. The number of amides is 1. The summed E-state index contributed by atoms with van der Waals surface area (Å²) in [5.74, 6) is 0.619. The Labute approximate surface area is 128 Å². The first-order valence-corrected chi connectivity index (χ1v) is 7.91. The molecule has 0 aromatic heterocycles. The van der Waals surface area contributed by atoms with Gasteiger partial charge >= 0.3 is 0 Å². The summed E-state index contributed by atoms with van der Waals surface area (Å²) in [5, 5.41) is 12.5. The van der Waals surface area contributed by atoms with E-state index in [4.69, 9.17) is 0 Å². The summed E-state index contributed by atoms with van der Waals surface area (Å²) >= 11 is 3.41. The van der Waals surface area contributed by atoms with Gasteiger partial charge in [-0.25, -0.2) is 0 Å². The highest BCUT2D eigenvalue weighted by Crippen LogP contribution is 2.39. The molecule has 0 heterocycles. The first-order chi connectivity index (χ1) is 9.44. The summed E-state index contributed by atoms with van der Waals surface area (Å²) in [5.41, 5.74) is 0.705. The molecule has 0 aliphatic heterocycles. The predicted octanol–water partition coefficient (Wildman–Crippen LogP) is 3.22. The number of rotatable bonds is 6. The van der Waals surface area contributed by atoms with Crippen LogP contribution in [0, 0.1) is 5.92 Å². The van der Waals surface area contributed by atoms with Crippen LogP contribution in [0.4, 0.5) is 0 Å². The van der Waals surface area contributed by atoms with Gasteiger partial charge < -0.3 is 10.4 Å². The average Bonchev–Trinajstić information content (AvgIpc) is 3.23. The molecule has 1 aliphatic rings. The van der Waals surface area contributed by atoms with E-state index >= 15 is 0 Å². The second-order valence-corrected chi connectivity index (χ2v) is 6.97. The fourth-order valence-electron chi connectivity index (χ4n) is 2.55. The van der Waals surface area contributed by atoms with Gasteiger partial charge in [-0.1, -0.05) is 35.0 Å². The predicted molar refractivity (Wildman–Crippen MR) is 83.5 cm³/mol. The molecular weight excluding hydrogens is 318 g/mol. The van der Waals surface area contributed by atoms with E-state index in [9.17, 15) is 9.90 Å². The van der Waals surface area contributed by atoms with Gasteiger partial charge in [-0.05, 0) is 49.3 Å². The van der Waals surface area contributed by atoms with E-state index in [1.165, 1.54) is 0 Å². The molecule has 20 heavy (non-hydrogen) atoms. The lowest BCUT2D eigenvalue weighted by molar-refractivity contribution is -0.124. The fourth-order valence-corrected chi connectivity index (χ4v) is 2.81. The van der Waals surface area contributed by atoms with Crippen molar-refractivity contribution in [1.82, 2.24) is 5.32 Å². The minimum Gasteiger partial charge on any atom is -0.394 e. The van der Waals surface area contributed by atoms with Gasteiger partial charge in [0.1, 0.15) is 0 Å². The Bertz CT molecular complexity index is 470. The number of hydrogen-bond donors (Lipinski definition) is 2. The van der Waals surface area contributed by atoms with Crippen molar-refractivity contribution in [3.05, 3.63) is 34.3 Å². The highest BCUT2D eigenvalue weighted by atomic mass is 79.9. The van der Waals surface area contributed by atoms with E-state index in [1.807, 2.05) is 31.2 Å². The summed E-state index contributed by atoms with van der Waals surface area (Å²) in [7, 11) is 0. The topological polar surface area (TPSA) is 49.3 Å². The molecule has 110 valence electrons. The van der Waals surface area contributed by atoms with Crippen LogP contribution >= 0.6 is 15.9 Å². The van der Waals surface area contributed by atoms with Crippen molar-refractivity contribution in [2.24, 2.45) is 5.92 Å². The Morgan fingerprint density at radius 1 is 1.45 bits per heavy atom. The summed E-state index contributed by atoms with van der Waals surface area (Å²) in [6, 6.07) is 8.06. The van der Waals surface area contributed by atoms with Gasteiger partial charge in [-0.2, -0.15) is 0 Å². The third-order valence-corrected chi connectivity index (χ3v) is 4.69. The maximum Gasteiger partial charge on any atom is 0.221 e. The molecule has 2 atom stereocenters. The molecule has 2 N–H and O–H groups in total. The molecule has 0 radical (unpaired) electrons. The molecule has 4 heteroatoms. The maximum absolute atomic E-state index is 12.2. The van der Waals surface area contributed by atoms with Gasteiger partial charge in [0.25, 0.3) is 0 Å². The molecule has 0 saturated heterocycles. The van der Waals surface area contributed by atoms with Crippen molar-refractivity contribution in [2.45, 2.75) is 44.6 Å². The zero-order valence-electron chi connectivity index (χ0n) is 12.0. The second-order valence-electron chi connectivity index (χ2n) is 6.05. The van der Waals surface area contributed by atoms with Crippen molar-refractivity contribution in [3.63, 3.8) is 0 Å². The van der Waals surface area contributed by atoms with Crippen LogP contribution in [0.5, 0.6) is 0 Å². The Balaban J connectivity index is 1.92. The van der Waals surface area contributed by atoms with Crippen molar-refractivity contribution in [3.8, 4) is 0 Å². The quantitative estimate of drug-likeness (QED) is 0.835. The molecule has 2 unspecified atom stereocenters. The number of aliphatic hydroxyl groups is 1. The lowest BCUT2D eigenvalue weighted by Crippen LogP contribution is -2.50. The Morgan fingerprint density at radius 2 is 2.05 bits per heavy atom. The van der Waals surface area contributed by atoms with Crippen LogP contribution in [0.15, 0.2) is 28.7 Å². The highest BCUT2D eigenvalue weighted by Gasteiger charge is 2.42. The monoisotopic (exact) mass is 339 g/mol. The molecule has 1 fully saturated rings. The molecule has 1 aromatic carbocycles. The SMILES string of the molecule is CC(CC(=O)NC(C)(CO)C1CC1)c1ccc(Br)cc1. The average molecular weight is 340 g/mol. The van der Waals surface area contributed by atoms with E-state index < -0.39 is 5.54 Å². The van der Waals surface area contributed by atoms with Gasteiger partial charge in [0.05, 0.1) is 12.1 Å². The number of benzene rings is 1. The second kappa shape index (κ2) is 6.27. The number of aliphatic hydroxyl groups excluding tert-OH is 1. The third kappa shape index (κ3) is 3.83. The van der Waals surface area contributed by atoms with E-state index in [0.717, 1.165) is 22.9 Å². The van der Waals surface area contributed by atoms with E-state index in [-0.39, 0.29) is 18.4 Å². The molecule has 1 saturated carbocycles. The van der Waals surface area contributed by atoms with Crippen LogP contribution in [0.3, 0.4) is 0 Å². The van der Waals surface area contributed by atoms with Crippen molar-refractivity contribution in [1.29, 1.82) is 0 Å². The fraction of sp³-hybridized carbons (Fsp3) is 0.562. The van der Waals surface area contributed by atoms with E-state index in [1.54, 1.807) is 0 Å². The van der Waals surface area contributed by atoms with E-state index in [0.29, 0.717) is 12.3 Å². The zero-order valence-corrected chi connectivity index (χ0v) is 13.6. The number of carbonyl (C=O) groups is 1. The normalized spacial score (nSPS) is 19.2. The van der Waals surface area contributed by atoms with Crippen LogP contribution in [-0.2, 0) is 4.79 Å². The third-order valence-electron chi connectivity index (χ3n) is 4.16. The Kier molecular flexibility index (Phi) is 4.86. The van der Waals surface area contributed by atoms with Gasteiger partial charge in [0.15, 0.2) is 0 Å². The number of halogens is 1. The molecular formula is C16H22BrNO2. The molecule has 2 rings (SSSR count). The minimum absolute atomic E-state index is 0.00999. The van der Waals surface area contributed by atoms with Crippen LogP contribution in [-0.4, -0.2) is 23.2 Å². The summed E-state index contributed by atoms with van der Waals surface area (Å²) < 4.78 is 1.04. The van der Waals surface area contributed by atoms with Crippen LogP contribution in [0.1, 0.15) is 44.6 Å². The standard InChI is InChI=1S/C16H22BrNO2/c1-11(12-3-7-14(17)8-4-12)9-15(20)18-16(2,10-19)13-5-6-13/h3-4,7-8,11,13,19H,5-6,9-10H2,1-2H3,(H,18,20). The first-order valence-electron chi connectivity index (χ1n) is 7.12. The lowest BCUT2D eigenvalue weighted by atomic mass is 9.94. The molecule has 1 amide bonds. The number of hydrogen-bond acceptors (Lipinski definition) is 2. The van der Waals surface area contributed by atoms with Crippen molar-refractivity contribution >= 4 is 21.8 Å². The Morgan fingerprint density at radius 3 is 2.55 bits per heavy atom. The van der Waals surface area contributed by atoms with Crippen molar-refractivity contribution in [2.75, 3.05) is 6.61 Å². The molecule has 0 bridgehead atoms. The smallest absolute Gasteiger partial charge is 0.221 e. The first kappa shape index (κ1) is 15.5. The molecule has 0 spiro atoms. The Hall–Kier alpha value is -0.870. The van der Waals surface area contributed by atoms with Crippen LogP contribution in [0.25, 0.3) is 0 Å². The van der Waals surface area contributed by atoms with Crippen molar-refractivity contribution < 1.29 is 9.90 Å². The summed E-state index contributed by atoms with van der Waals surface area (Å²) in [6.07, 6.45) is 2.64. The molecule has 1 aliphatic carbocycles. The van der Waals surface area contributed by atoms with Gasteiger partial charge in [-0.15, -0.1) is 0 Å². The number of nitrogens with one attached hydrogen (secondary N) is 1. The summed E-state index contributed by atoms with van der Waals surface area (Å²) in [4.78, 5) is 12.2. The minimum atomic E-state index is -0.448. The highest BCUT2D eigenvalue weighted by molar-refractivity contribution is 9.10. The molecule has 1 aromatic rings. The van der Waals surface area contributed by atoms with Gasteiger partial charge in [-0.3, -0.25) is 4.79 Å².